The molecule has 6 heteroatoms. The Morgan fingerprint density at radius 2 is 2.28 bits per heavy atom. The lowest BCUT2D eigenvalue weighted by Gasteiger charge is -2.16. The molecule has 0 unspecified atom stereocenters. The maximum absolute atomic E-state index is 12.5. The molecule has 0 saturated carbocycles. The van der Waals surface area contributed by atoms with E-state index in [0.29, 0.717) is 18.5 Å². The normalized spacial score (nSPS) is 23.9. The van der Waals surface area contributed by atoms with E-state index in [2.05, 4.69) is 10.3 Å². The van der Waals surface area contributed by atoms with Gasteiger partial charge in [0.2, 0.25) is 0 Å². The van der Waals surface area contributed by atoms with Crippen molar-refractivity contribution in [2.45, 2.75) is 26.0 Å². The smallest absolute Gasteiger partial charge is 0.262 e. The molecule has 3 rings (SSSR count). The highest BCUT2D eigenvalue weighted by atomic mass is 32.1. The van der Waals surface area contributed by atoms with Gasteiger partial charge in [-0.15, -0.1) is 11.3 Å². The minimum atomic E-state index is -0.526. The van der Waals surface area contributed by atoms with Crippen LogP contribution in [0.15, 0.2) is 11.1 Å². The molecule has 0 aromatic carbocycles. The number of aliphatic hydroxyl groups excluding tert-OH is 1. The Kier molecular flexibility index (Phi) is 2.73. The van der Waals surface area contributed by atoms with Gasteiger partial charge in [0.05, 0.1) is 23.9 Å². The number of hydrogen-bond acceptors (Lipinski definition) is 5. The van der Waals surface area contributed by atoms with Gasteiger partial charge in [-0.05, 0) is 19.4 Å². The van der Waals surface area contributed by atoms with Crippen LogP contribution < -0.4 is 10.9 Å². The van der Waals surface area contributed by atoms with Gasteiger partial charge >= 0.3 is 0 Å². The monoisotopic (exact) mass is 265 g/mol. The lowest BCUT2D eigenvalue weighted by atomic mass is 10.2. The summed E-state index contributed by atoms with van der Waals surface area (Å²) in [4.78, 5) is 18.7. The molecule has 0 bridgehead atoms. The predicted molar refractivity (Wildman–Crippen MR) is 71.3 cm³/mol. The summed E-state index contributed by atoms with van der Waals surface area (Å²) < 4.78 is 1.56. The quantitative estimate of drug-likeness (QED) is 0.791. The number of thiophene rings is 1. The van der Waals surface area contributed by atoms with E-state index in [4.69, 9.17) is 0 Å². The third-order valence-corrected chi connectivity index (χ3v) is 4.74. The lowest BCUT2D eigenvalue weighted by molar-refractivity contribution is 0.149. The summed E-state index contributed by atoms with van der Waals surface area (Å²) in [7, 11) is 0. The SMILES string of the molecule is Cc1sc2ncn([C@@H]3CNC[C@H]3O)c(=O)c2c1C. The number of nitrogens with zero attached hydrogens (tertiary/aromatic N) is 2. The van der Waals surface area contributed by atoms with Gasteiger partial charge in [-0.1, -0.05) is 0 Å². The molecule has 96 valence electrons. The summed E-state index contributed by atoms with van der Waals surface area (Å²) in [5, 5.41) is 13.6. The van der Waals surface area contributed by atoms with Crippen LogP contribution in [-0.2, 0) is 0 Å². The Labute approximate surface area is 108 Å². The van der Waals surface area contributed by atoms with E-state index in [1.165, 1.54) is 0 Å². The van der Waals surface area contributed by atoms with Gasteiger partial charge in [-0.25, -0.2) is 4.98 Å². The van der Waals surface area contributed by atoms with E-state index in [-0.39, 0.29) is 11.6 Å². The van der Waals surface area contributed by atoms with Crippen molar-refractivity contribution in [3.05, 3.63) is 27.1 Å². The van der Waals surface area contributed by atoms with Crippen LogP contribution in [0.5, 0.6) is 0 Å². The molecule has 0 spiro atoms. The molecule has 0 amide bonds. The largest absolute Gasteiger partial charge is 0.390 e. The summed E-state index contributed by atoms with van der Waals surface area (Å²) in [6.45, 7) is 5.08. The molecule has 18 heavy (non-hydrogen) atoms. The van der Waals surface area contributed by atoms with Gasteiger partial charge in [0.1, 0.15) is 4.83 Å². The molecule has 3 heterocycles. The number of β-amino-alcohol motifs (C(OH)–C–C–N with tert-alkyl or cyclic N) is 1. The van der Waals surface area contributed by atoms with Gasteiger partial charge in [0.25, 0.3) is 5.56 Å². The molecule has 2 atom stereocenters. The summed E-state index contributed by atoms with van der Waals surface area (Å²) in [5.74, 6) is 0. The number of aliphatic hydroxyl groups is 1. The van der Waals surface area contributed by atoms with Crippen LogP contribution >= 0.6 is 11.3 Å². The van der Waals surface area contributed by atoms with Crippen molar-refractivity contribution >= 4 is 21.6 Å². The zero-order valence-electron chi connectivity index (χ0n) is 10.3. The fourth-order valence-electron chi connectivity index (χ4n) is 2.42. The first-order chi connectivity index (χ1) is 8.59. The molecule has 2 N–H and O–H groups in total. The minimum Gasteiger partial charge on any atom is -0.390 e. The van der Waals surface area contributed by atoms with Gasteiger partial charge in [0.15, 0.2) is 0 Å². The van der Waals surface area contributed by atoms with Crippen LogP contribution in [0, 0.1) is 13.8 Å². The standard InChI is InChI=1S/C12H15N3O2S/c1-6-7(2)18-11-10(6)12(17)15(5-14-11)8-3-13-4-9(8)16/h5,8-9,13,16H,3-4H2,1-2H3/t8-,9-/m1/s1. The Bertz CT molecular complexity index is 661. The lowest BCUT2D eigenvalue weighted by Crippen LogP contribution is -2.31. The van der Waals surface area contributed by atoms with E-state index in [0.717, 1.165) is 15.3 Å². The Balaban J connectivity index is 2.23. The molecule has 0 radical (unpaired) electrons. The summed E-state index contributed by atoms with van der Waals surface area (Å²) in [6, 6.07) is -0.214. The maximum atomic E-state index is 12.5. The molecule has 0 aliphatic carbocycles. The molecule has 1 fully saturated rings. The fourth-order valence-corrected chi connectivity index (χ4v) is 3.41. The highest BCUT2D eigenvalue weighted by molar-refractivity contribution is 7.18. The van der Waals surface area contributed by atoms with E-state index >= 15 is 0 Å². The molecular formula is C12H15N3O2S. The average molecular weight is 265 g/mol. The van der Waals surface area contributed by atoms with E-state index in [9.17, 15) is 9.90 Å². The summed E-state index contributed by atoms with van der Waals surface area (Å²) in [5.41, 5.74) is 0.955. The second kappa shape index (κ2) is 4.15. The third-order valence-electron chi connectivity index (χ3n) is 3.62. The van der Waals surface area contributed by atoms with Crippen LogP contribution in [0.4, 0.5) is 0 Å². The van der Waals surface area contributed by atoms with Crippen molar-refractivity contribution < 1.29 is 5.11 Å². The van der Waals surface area contributed by atoms with Crippen LogP contribution in [0.1, 0.15) is 16.5 Å². The molecule has 2 aromatic heterocycles. The summed E-state index contributed by atoms with van der Waals surface area (Å²) >= 11 is 1.54. The predicted octanol–water partition coefficient (Wildman–Crippen LogP) is 0.580. The maximum Gasteiger partial charge on any atom is 0.262 e. The summed E-state index contributed by atoms with van der Waals surface area (Å²) in [6.07, 6.45) is 1.03. The van der Waals surface area contributed by atoms with Crippen LogP contribution in [0.2, 0.25) is 0 Å². The average Bonchev–Trinajstić information content (AvgIpc) is 2.86. The van der Waals surface area contributed by atoms with Crippen molar-refractivity contribution in [2.75, 3.05) is 13.1 Å². The zero-order valence-corrected chi connectivity index (χ0v) is 11.1. The fraction of sp³-hybridized carbons (Fsp3) is 0.500. The van der Waals surface area contributed by atoms with E-state index < -0.39 is 6.10 Å². The first-order valence-electron chi connectivity index (χ1n) is 5.95. The Hall–Kier alpha value is -1.24. The third kappa shape index (κ3) is 1.60. The number of nitrogens with one attached hydrogen (secondary N) is 1. The van der Waals surface area contributed by atoms with E-state index in [1.807, 2.05) is 13.8 Å². The molecule has 1 aliphatic rings. The molecule has 2 aromatic rings. The molecule has 1 aliphatic heterocycles. The zero-order chi connectivity index (χ0) is 12.9. The van der Waals surface area contributed by atoms with Crippen molar-refractivity contribution in [3.63, 3.8) is 0 Å². The van der Waals surface area contributed by atoms with Crippen LogP contribution in [-0.4, -0.2) is 33.9 Å². The Morgan fingerprint density at radius 3 is 2.94 bits per heavy atom. The van der Waals surface area contributed by atoms with Gasteiger partial charge in [-0.3, -0.25) is 9.36 Å². The highest BCUT2D eigenvalue weighted by Gasteiger charge is 2.28. The number of rotatable bonds is 1. The number of fused-ring (bicyclic) bond motifs is 1. The van der Waals surface area contributed by atoms with Crippen molar-refractivity contribution in [1.29, 1.82) is 0 Å². The van der Waals surface area contributed by atoms with Gasteiger partial charge in [0, 0.05) is 18.0 Å². The molecular weight excluding hydrogens is 250 g/mol. The number of aromatic nitrogens is 2. The number of aryl methyl sites for hydroxylation is 2. The second-order valence-corrected chi connectivity index (χ2v) is 5.92. The first kappa shape index (κ1) is 11.8. The molecule has 5 nitrogen and oxygen atoms in total. The number of hydrogen-bond donors (Lipinski definition) is 2. The van der Waals surface area contributed by atoms with Crippen molar-refractivity contribution in [3.8, 4) is 0 Å². The van der Waals surface area contributed by atoms with Crippen LogP contribution in [0.3, 0.4) is 0 Å². The first-order valence-corrected chi connectivity index (χ1v) is 6.77. The van der Waals surface area contributed by atoms with E-state index in [1.54, 1.807) is 22.2 Å². The van der Waals surface area contributed by atoms with Gasteiger partial charge < -0.3 is 10.4 Å². The van der Waals surface area contributed by atoms with Crippen molar-refractivity contribution in [2.24, 2.45) is 0 Å². The Morgan fingerprint density at radius 1 is 1.50 bits per heavy atom. The second-order valence-electron chi connectivity index (χ2n) is 4.71. The van der Waals surface area contributed by atoms with Crippen molar-refractivity contribution in [1.82, 2.24) is 14.9 Å². The highest BCUT2D eigenvalue weighted by Crippen LogP contribution is 2.26. The van der Waals surface area contributed by atoms with Gasteiger partial charge in [-0.2, -0.15) is 0 Å². The molecule has 1 saturated heterocycles. The minimum absolute atomic E-state index is 0.0467. The van der Waals surface area contributed by atoms with Crippen LogP contribution in [0.25, 0.3) is 10.2 Å². The topological polar surface area (TPSA) is 67.2 Å².